The van der Waals surface area contributed by atoms with Crippen LogP contribution in [0.1, 0.15) is 13.2 Å². The number of rotatable bonds is 8. The SMILES string of the molecule is C=C(C)C(=O)OC[C@H]1O[C@@H](n2ccc(=O)[nH]c2=O)[C@H](O[Si](C)(C)C)[C@@H]1O[Si](C)(C)C. The van der Waals surface area contributed by atoms with Crippen LogP contribution in [0.5, 0.6) is 0 Å². The molecule has 0 bridgehead atoms. The van der Waals surface area contributed by atoms with E-state index in [9.17, 15) is 14.4 Å². The molecule has 2 heterocycles. The number of hydrogen-bond donors (Lipinski definition) is 1. The standard InChI is InChI=1S/C19H32N2O7Si2/c1-12(2)18(23)25-11-13-15(27-29(3,4)5)16(28-30(6,7)8)17(26-13)21-10-9-14(22)20-19(21)24/h9-10,13,15-17H,1,11H2,2-8H3,(H,20,22,24)/t13-,15-,16-,17-/m1/s1. The van der Waals surface area contributed by atoms with Crippen molar-refractivity contribution in [1.29, 1.82) is 0 Å². The molecule has 1 fully saturated rings. The zero-order valence-electron chi connectivity index (χ0n) is 18.7. The molecule has 0 amide bonds. The number of H-pyrrole nitrogens is 1. The van der Waals surface area contributed by atoms with E-state index in [4.69, 9.17) is 18.3 Å². The van der Waals surface area contributed by atoms with Crippen LogP contribution in [0.4, 0.5) is 0 Å². The van der Waals surface area contributed by atoms with Crippen molar-refractivity contribution in [3.8, 4) is 0 Å². The van der Waals surface area contributed by atoms with Crippen LogP contribution in [0.25, 0.3) is 0 Å². The number of carbonyl (C=O) groups is 1. The minimum atomic E-state index is -2.09. The highest BCUT2D eigenvalue weighted by atomic mass is 28.4. The van der Waals surface area contributed by atoms with Gasteiger partial charge in [-0.05, 0) is 46.2 Å². The predicted molar refractivity (Wildman–Crippen MR) is 117 cm³/mol. The van der Waals surface area contributed by atoms with Crippen LogP contribution < -0.4 is 11.2 Å². The molecular formula is C19H32N2O7Si2. The highest BCUT2D eigenvalue weighted by Crippen LogP contribution is 2.36. The molecule has 9 nitrogen and oxygen atoms in total. The van der Waals surface area contributed by atoms with Crippen LogP contribution in [-0.4, -0.2) is 57.1 Å². The smallest absolute Gasteiger partial charge is 0.333 e. The van der Waals surface area contributed by atoms with Gasteiger partial charge < -0.3 is 18.3 Å². The van der Waals surface area contributed by atoms with Crippen molar-refractivity contribution in [2.45, 2.75) is 70.7 Å². The molecule has 4 atom stereocenters. The lowest BCUT2D eigenvalue weighted by atomic mass is 10.1. The van der Waals surface area contributed by atoms with Crippen molar-refractivity contribution < 1.29 is 23.1 Å². The highest BCUT2D eigenvalue weighted by molar-refractivity contribution is 6.70. The van der Waals surface area contributed by atoms with Gasteiger partial charge in [0.05, 0.1) is 0 Å². The summed E-state index contributed by atoms with van der Waals surface area (Å²) in [6.07, 6.45) is -1.27. The van der Waals surface area contributed by atoms with Crippen molar-refractivity contribution >= 4 is 22.6 Å². The Kier molecular flexibility index (Phi) is 7.46. The molecule has 1 N–H and O–H groups in total. The van der Waals surface area contributed by atoms with E-state index >= 15 is 0 Å². The average molecular weight is 457 g/mol. The third kappa shape index (κ3) is 6.60. The highest BCUT2D eigenvalue weighted by Gasteiger charge is 2.50. The summed E-state index contributed by atoms with van der Waals surface area (Å²) in [6, 6.07) is 1.25. The van der Waals surface area contributed by atoms with Gasteiger partial charge in [0.15, 0.2) is 22.9 Å². The second-order valence-electron chi connectivity index (χ2n) is 9.35. The summed E-state index contributed by atoms with van der Waals surface area (Å²) in [6.45, 7) is 17.3. The van der Waals surface area contributed by atoms with Crippen LogP contribution in [0.15, 0.2) is 34.0 Å². The van der Waals surface area contributed by atoms with E-state index in [1.165, 1.54) is 16.8 Å². The van der Waals surface area contributed by atoms with Gasteiger partial charge in [-0.25, -0.2) is 9.59 Å². The molecule has 0 unspecified atom stereocenters. The Morgan fingerprint density at radius 2 is 1.70 bits per heavy atom. The first kappa shape index (κ1) is 24.5. The quantitative estimate of drug-likeness (QED) is 0.362. The van der Waals surface area contributed by atoms with Crippen LogP contribution >= 0.6 is 0 Å². The summed E-state index contributed by atoms with van der Waals surface area (Å²) < 4.78 is 25.5. The van der Waals surface area contributed by atoms with Gasteiger partial charge in [0, 0.05) is 17.8 Å². The number of nitrogens with one attached hydrogen (secondary N) is 1. The fourth-order valence-corrected chi connectivity index (χ4v) is 5.23. The molecule has 1 aliphatic rings. The van der Waals surface area contributed by atoms with E-state index < -0.39 is 58.4 Å². The minimum Gasteiger partial charge on any atom is -0.459 e. The molecule has 2 rings (SSSR count). The van der Waals surface area contributed by atoms with Crippen LogP contribution in [0, 0.1) is 0 Å². The van der Waals surface area contributed by atoms with E-state index in [0.717, 1.165) is 0 Å². The summed E-state index contributed by atoms with van der Waals surface area (Å²) in [5.41, 5.74) is -0.833. The van der Waals surface area contributed by atoms with Crippen LogP contribution in [0.2, 0.25) is 39.3 Å². The van der Waals surface area contributed by atoms with Crippen LogP contribution in [0.3, 0.4) is 0 Å². The van der Waals surface area contributed by atoms with E-state index in [-0.39, 0.29) is 12.2 Å². The van der Waals surface area contributed by atoms with Crippen molar-refractivity contribution in [1.82, 2.24) is 9.55 Å². The van der Waals surface area contributed by atoms with Crippen molar-refractivity contribution in [3.63, 3.8) is 0 Å². The van der Waals surface area contributed by atoms with Gasteiger partial charge in [0.25, 0.3) is 5.56 Å². The Bertz CT molecular complexity index is 898. The largest absolute Gasteiger partial charge is 0.459 e. The number of aromatic amines is 1. The topological polar surface area (TPSA) is 109 Å². The third-order valence-corrected chi connectivity index (χ3v) is 6.08. The molecule has 11 heteroatoms. The lowest BCUT2D eigenvalue weighted by Gasteiger charge is -2.34. The monoisotopic (exact) mass is 456 g/mol. The van der Waals surface area contributed by atoms with Crippen molar-refractivity contribution in [2.24, 2.45) is 0 Å². The Labute approximate surface area is 178 Å². The maximum absolute atomic E-state index is 12.4. The number of hydrogen-bond acceptors (Lipinski definition) is 7. The van der Waals surface area contributed by atoms with E-state index in [2.05, 4.69) is 11.6 Å². The second kappa shape index (κ2) is 9.14. The van der Waals surface area contributed by atoms with Gasteiger partial charge >= 0.3 is 11.7 Å². The molecule has 1 aromatic rings. The lowest BCUT2D eigenvalue weighted by molar-refractivity contribution is -0.145. The minimum absolute atomic E-state index is 0.0685. The normalized spacial score (nSPS) is 24.6. The first-order valence-electron chi connectivity index (χ1n) is 9.83. The zero-order chi connectivity index (χ0) is 22.9. The molecule has 1 saturated heterocycles. The number of ether oxygens (including phenoxy) is 2. The maximum Gasteiger partial charge on any atom is 0.333 e. The van der Waals surface area contributed by atoms with Gasteiger partial charge in [-0.1, -0.05) is 6.58 Å². The summed E-state index contributed by atoms with van der Waals surface area (Å²) in [7, 11) is -4.15. The molecule has 0 radical (unpaired) electrons. The Morgan fingerprint density at radius 1 is 1.13 bits per heavy atom. The third-order valence-electron chi connectivity index (χ3n) is 4.12. The molecule has 1 aromatic heterocycles. The van der Waals surface area contributed by atoms with Gasteiger partial charge in [0.1, 0.15) is 24.9 Å². The molecule has 168 valence electrons. The summed E-state index contributed by atoms with van der Waals surface area (Å²) in [5.74, 6) is -0.530. The fraction of sp³-hybridized carbons (Fsp3) is 0.632. The average Bonchev–Trinajstić information content (AvgIpc) is 2.87. The first-order chi connectivity index (χ1) is 13.7. The van der Waals surface area contributed by atoms with Gasteiger partial charge in [-0.15, -0.1) is 0 Å². The predicted octanol–water partition coefficient (Wildman–Crippen LogP) is 1.99. The zero-order valence-corrected chi connectivity index (χ0v) is 20.7. The molecule has 0 aliphatic carbocycles. The summed E-state index contributed by atoms with van der Waals surface area (Å²) in [5, 5.41) is 0. The van der Waals surface area contributed by atoms with Crippen molar-refractivity contribution in [3.05, 3.63) is 45.3 Å². The number of nitrogens with zero attached hydrogens (tertiary/aromatic N) is 1. The molecule has 0 saturated carbocycles. The van der Waals surface area contributed by atoms with Gasteiger partial charge in [-0.2, -0.15) is 0 Å². The van der Waals surface area contributed by atoms with Gasteiger partial charge in [-0.3, -0.25) is 14.3 Å². The molecule has 0 aromatic carbocycles. The molecule has 1 aliphatic heterocycles. The second-order valence-corrected chi connectivity index (χ2v) is 18.3. The van der Waals surface area contributed by atoms with E-state index in [1.807, 2.05) is 39.3 Å². The first-order valence-corrected chi connectivity index (χ1v) is 16.6. The van der Waals surface area contributed by atoms with E-state index in [0.29, 0.717) is 0 Å². The molecule has 30 heavy (non-hydrogen) atoms. The molecular weight excluding hydrogens is 424 g/mol. The number of aromatic nitrogens is 2. The summed E-state index contributed by atoms with van der Waals surface area (Å²) in [4.78, 5) is 38.1. The Hall–Kier alpha value is -1.80. The maximum atomic E-state index is 12.4. The lowest BCUT2D eigenvalue weighted by Crippen LogP contribution is -2.49. The summed E-state index contributed by atoms with van der Waals surface area (Å²) >= 11 is 0. The number of esters is 1. The Morgan fingerprint density at radius 3 is 2.20 bits per heavy atom. The fourth-order valence-electron chi connectivity index (χ4n) is 3.06. The van der Waals surface area contributed by atoms with Crippen molar-refractivity contribution in [2.75, 3.05) is 6.61 Å². The van der Waals surface area contributed by atoms with Crippen LogP contribution in [-0.2, 0) is 23.1 Å². The van der Waals surface area contributed by atoms with Gasteiger partial charge in [0.2, 0.25) is 0 Å². The van der Waals surface area contributed by atoms with E-state index in [1.54, 1.807) is 6.92 Å². The Balaban J connectivity index is 2.45. The number of carbonyl (C=O) groups excluding carboxylic acids is 1. The molecule has 0 spiro atoms.